The van der Waals surface area contributed by atoms with Crippen molar-refractivity contribution in [2.24, 2.45) is 5.92 Å². The number of para-hydroxylation sites is 1. The molecule has 5 aromatic carbocycles. The van der Waals surface area contributed by atoms with E-state index in [4.69, 9.17) is 21.4 Å². The van der Waals surface area contributed by atoms with Gasteiger partial charge < -0.3 is 44.8 Å². The van der Waals surface area contributed by atoms with Crippen LogP contribution in [0.3, 0.4) is 0 Å². The Balaban J connectivity index is 0.808. The van der Waals surface area contributed by atoms with Crippen molar-refractivity contribution in [3.63, 3.8) is 0 Å². The molecular weight excluding hydrogens is 865 g/mol. The third-order valence-corrected chi connectivity index (χ3v) is 15.5. The molecule has 6 N–H and O–H groups in total. The summed E-state index contributed by atoms with van der Waals surface area (Å²) in [5.41, 5.74) is 7.43. The Kier molecular flexibility index (Phi) is 8.62. The second-order valence-electron chi connectivity index (χ2n) is 19.1. The van der Waals surface area contributed by atoms with Gasteiger partial charge in [0.15, 0.2) is 28.1 Å². The minimum atomic E-state index is -1.14. The number of aliphatic hydroxyl groups is 1. The smallest absolute Gasteiger partial charge is 0.336 e. The van der Waals surface area contributed by atoms with E-state index in [1.54, 1.807) is 30.3 Å². The highest BCUT2D eigenvalue weighted by molar-refractivity contribution is 7.80. The summed E-state index contributed by atoms with van der Waals surface area (Å²) in [4.78, 5) is 27.5. The molecule has 4 heterocycles. The molecule has 0 unspecified atom stereocenters. The number of aromatic hydroxyl groups is 2. The highest BCUT2D eigenvalue weighted by Crippen LogP contribution is 2.69. The molecule has 13 rings (SSSR count). The van der Waals surface area contributed by atoms with E-state index in [2.05, 4.69) is 56.5 Å². The number of carboxylic acids is 1. The molecule has 3 aliphatic heterocycles. The van der Waals surface area contributed by atoms with Gasteiger partial charge in [-0.15, -0.1) is 0 Å². The van der Waals surface area contributed by atoms with Gasteiger partial charge in [0.1, 0.15) is 17.1 Å². The maximum atomic E-state index is 13.4. The van der Waals surface area contributed by atoms with Gasteiger partial charge in [-0.3, -0.25) is 9.69 Å². The van der Waals surface area contributed by atoms with Crippen molar-refractivity contribution in [3.8, 4) is 39.7 Å². The van der Waals surface area contributed by atoms with E-state index in [1.807, 2.05) is 18.2 Å². The van der Waals surface area contributed by atoms with Crippen LogP contribution in [0.4, 0.5) is 11.4 Å². The molecule has 4 aliphatic carbocycles. The van der Waals surface area contributed by atoms with E-state index in [0.29, 0.717) is 58.0 Å². The Morgan fingerprint density at radius 2 is 1.67 bits per heavy atom. The van der Waals surface area contributed by atoms with Crippen molar-refractivity contribution < 1.29 is 34.4 Å². The Hall–Kier alpha value is -7.19. The number of aromatic carboxylic acids is 1. The van der Waals surface area contributed by atoms with Gasteiger partial charge in [0, 0.05) is 82.0 Å². The monoisotopic (exact) mass is 908 g/mol. The first-order chi connectivity index (χ1) is 32.5. The van der Waals surface area contributed by atoms with Gasteiger partial charge in [-0.05, 0) is 139 Å². The summed E-state index contributed by atoms with van der Waals surface area (Å²) in [5.74, 6) is 0.417. The lowest BCUT2D eigenvalue weighted by molar-refractivity contribution is -0.173. The van der Waals surface area contributed by atoms with Crippen molar-refractivity contribution in [1.29, 1.82) is 0 Å². The Morgan fingerprint density at radius 3 is 2.49 bits per heavy atom. The van der Waals surface area contributed by atoms with Crippen molar-refractivity contribution in [2.45, 2.75) is 61.8 Å². The van der Waals surface area contributed by atoms with Crippen LogP contribution < -0.4 is 20.8 Å². The SMILES string of the molecule is O=C(O)c1ccc(NC(=S)Nc2ccc(Cn3c4c(c5ccccc53)C[C@@]3(O)[C@@H]5Cc6ccc(O)c7c6[C@@]3(CCN5CC3CC3)[C@H]4O7)cc2)cc1-c1c2ccc(=O)cc-2oc2cc(O)ccc12. The minimum Gasteiger partial charge on any atom is -0.508 e. The number of phenolic OH excluding ortho intramolecular Hbond substituents is 2. The zero-order valence-electron chi connectivity index (χ0n) is 36.1. The summed E-state index contributed by atoms with van der Waals surface area (Å²) in [6.45, 7) is 2.43. The van der Waals surface area contributed by atoms with Crippen LogP contribution in [0.15, 0.2) is 124 Å². The van der Waals surface area contributed by atoms with Crippen LogP contribution in [0, 0.1) is 5.92 Å². The number of aromatic nitrogens is 1. The molecule has 2 bridgehead atoms. The number of benzene rings is 6. The first kappa shape index (κ1) is 40.1. The Bertz CT molecular complexity index is 3470. The van der Waals surface area contributed by atoms with Crippen LogP contribution in [0.5, 0.6) is 17.2 Å². The molecule has 0 radical (unpaired) electrons. The fourth-order valence-corrected chi connectivity index (χ4v) is 12.5. The largest absolute Gasteiger partial charge is 0.508 e. The Labute approximate surface area is 389 Å². The summed E-state index contributed by atoms with van der Waals surface area (Å²) in [7, 11) is 0. The van der Waals surface area contributed by atoms with Crippen LogP contribution in [0.1, 0.15) is 63.7 Å². The minimum absolute atomic E-state index is 0.0317. The number of anilines is 2. The molecule has 2 fully saturated rings. The number of fused-ring (bicyclic) bond motifs is 6. The molecule has 1 aromatic heterocycles. The second kappa shape index (κ2) is 14.4. The zero-order chi connectivity index (χ0) is 45.5. The van der Waals surface area contributed by atoms with Gasteiger partial charge in [0.05, 0.1) is 22.3 Å². The van der Waals surface area contributed by atoms with E-state index in [9.17, 15) is 30.0 Å². The van der Waals surface area contributed by atoms with Crippen LogP contribution in [-0.4, -0.2) is 65.7 Å². The van der Waals surface area contributed by atoms with Gasteiger partial charge in [0.25, 0.3) is 0 Å². The molecule has 13 heteroatoms. The molecule has 6 aromatic rings. The fraction of sp³-hybridized carbons (Fsp3) is 0.241. The third kappa shape index (κ3) is 5.94. The summed E-state index contributed by atoms with van der Waals surface area (Å²) in [6, 6.07) is 34.1. The summed E-state index contributed by atoms with van der Waals surface area (Å²) in [5, 5.41) is 53.8. The van der Waals surface area contributed by atoms with Gasteiger partial charge >= 0.3 is 5.97 Å². The summed E-state index contributed by atoms with van der Waals surface area (Å²) >= 11 is 5.80. The first-order valence-corrected chi connectivity index (χ1v) is 23.2. The van der Waals surface area contributed by atoms with Crippen LogP contribution in [-0.2, 0) is 24.8 Å². The quantitative estimate of drug-likeness (QED) is 0.0633. The molecule has 12 nitrogen and oxygen atoms in total. The summed E-state index contributed by atoms with van der Waals surface area (Å²) in [6.07, 6.45) is 3.99. The highest BCUT2D eigenvalue weighted by atomic mass is 32.1. The number of hydrogen-bond donors (Lipinski definition) is 6. The lowest BCUT2D eigenvalue weighted by Crippen LogP contribution is -2.74. The van der Waals surface area contributed by atoms with Crippen LogP contribution in [0.2, 0.25) is 0 Å². The van der Waals surface area contributed by atoms with E-state index in [-0.39, 0.29) is 39.4 Å². The van der Waals surface area contributed by atoms with Crippen molar-refractivity contribution >= 4 is 56.5 Å². The van der Waals surface area contributed by atoms with Crippen molar-refractivity contribution in [2.75, 3.05) is 23.7 Å². The molecule has 67 heavy (non-hydrogen) atoms. The number of likely N-dealkylation sites (tertiary alicyclic amines) is 1. The lowest BCUT2D eigenvalue weighted by Gasteiger charge is -2.63. The number of thiocarbonyl (C=S) groups is 1. The zero-order valence-corrected chi connectivity index (χ0v) is 36.9. The maximum Gasteiger partial charge on any atom is 0.336 e. The van der Waals surface area contributed by atoms with Gasteiger partial charge in [-0.1, -0.05) is 36.4 Å². The van der Waals surface area contributed by atoms with Gasteiger partial charge in [0.2, 0.25) is 0 Å². The molecule has 1 saturated carbocycles. The predicted octanol–water partition coefficient (Wildman–Crippen LogP) is 9.19. The van der Waals surface area contributed by atoms with E-state index < -0.39 is 23.1 Å². The number of ether oxygens (including phenoxy) is 1. The van der Waals surface area contributed by atoms with Gasteiger partial charge in [-0.25, -0.2) is 4.79 Å². The van der Waals surface area contributed by atoms with E-state index in [1.165, 1.54) is 48.7 Å². The van der Waals surface area contributed by atoms with Crippen molar-refractivity contribution in [1.82, 2.24) is 9.47 Å². The number of nitrogens with zero attached hydrogens (tertiary/aromatic N) is 2. The molecular formula is C54H44N4O8S. The normalized spacial score (nSPS) is 22.3. The standard InChI is InChI=1S/C54H44N4O8S/c59-33-13-16-37-43(23-33)65-44-24-34(60)14-17-38(44)46(37)39-22-32(12-15-36(39)51(62)63)56-52(67)55-31-10-7-29(8-11-31)27-58-41-4-2-1-3-35(41)40-25-54(64)45-21-30-9-18-42(61)49-47(30)53(54,50(66-49)48(40)58)19-20-57(45)26-28-5-6-28/h1-4,7-18,22-24,28,45,50,59,61,64H,5-6,19-21,25-27H2,(H,62,63)(H2,55,56,67)/t45-,50-,53-,54+/m0/s1. The number of carboxylic acid groups (broad SMARTS) is 1. The number of hydrogen-bond acceptors (Lipinski definition) is 9. The molecule has 1 saturated heterocycles. The lowest BCUT2D eigenvalue weighted by atomic mass is 9.49. The number of carbonyl (C=O) groups is 1. The molecule has 334 valence electrons. The first-order valence-electron chi connectivity index (χ1n) is 22.8. The third-order valence-electron chi connectivity index (χ3n) is 15.3. The van der Waals surface area contributed by atoms with Crippen LogP contribution >= 0.6 is 12.2 Å². The molecule has 7 aliphatic rings. The topological polar surface area (TPSA) is 170 Å². The van der Waals surface area contributed by atoms with Gasteiger partial charge in [-0.2, -0.15) is 0 Å². The number of phenols is 2. The molecule has 0 amide bonds. The number of piperidine rings is 1. The molecule has 4 atom stereocenters. The number of nitrogens with one attached hydrogen (secondary N) is 2. The van der Waals surface area contributed by atoms with Crippen LogP contribution in [0.25, 0.3) is 44.3 Å². The highest BCUT2D eigenvalue weighted by Gasteiger charge is 2.73. The number of rotatable bonds is 8. The Morgan fingerprint density at radius 1 is 0.866 bits per heavy atom. The average molecular weight is 909 g/mol. The second-order valence-corrected chi connectivity index (χ2v) is 19.5. The van der Waals surface area contributed by atoms with E-state index in [0.717, 1.165) is 64.9 Å². The molecule has 1 spiro atoms. The van der Waals surface area contributed by atoms with E-state index >= 15 is 0 Å². The fourth-order valence-electron chi connectivity index (χ4n) is 12.3. The maximum absolute atomic E-state index is 13.4. The van der Waals surface area contributed by atoms with Crippen molar-refractivity contribution in [3.05, 3.63) is 159 Å². The average Bonchev–Trinajstić information content (AvgIpc) is 3.99. The summed E-state index contributed by atoms with van der Waals surface area (Å²) < 4.78 is 15.4. The predicted molar refractivity (Wildman–Crippen MR) is 259 cm³/mol.